The van der Waals surface area contributed by atoms with Crippen molar-refractivity contribution in [2.45, 2.75) is 24.8 Å². The molecule has 0 amide bonds. The SMILES string of the molecule is Cc1nn(C)c2c1NCC(C)N2S(=O)(=O)c1ccc([N+](=O)[O-])cc1. The molecule has 10 heteroatoms. The van der Waals surface area contributed by atoms with Crippen molar-refractivity contribution in [2.75, 3.05) is 16.2 Å². The molecule has 0 fully saturated rings. The Bertz CT molecular complexity index is 904. The van der Waals surface area contributed by atoms with Gasteiger partial charge >= 0.3 is 0 Å². The molecular weight excluding hydrogens is 334 g/mol. The topological polar surface area (TPSA) is 110 Å². The predicted molar refractivity (Wildman–Crippen MR) is 88.7 cm³/mol. The largest absolute Gasteiger partial charge is 0.378 e. The van der Waals surface area contributed by atoms with E-state index in [9.17, 15) is 18.5 Å². The van der Waals surface area contributed by atoms with Crippen molar-refractivity contribution in [1.29, 1.82) is 0 Å². The molecule has 1 N–H and O–H groups in total. The minimum Gasteiger partial charge on any atom is -0.378 e. The molecule has 0 saturated carbocycles. The van der Waals surface area contributed by atoms with Crippen LogP contribution in [-0.2, 0) is 17.1 Å². The second kappa shape index (κ2) is 5.48. The van der Waals surface area contributed by atoms with E-state index in [1.165, 1.54) is 33.3 Å². The summed E-state index contributed by atoms with van der Waals surface area (Å²) in [5.74, 6) is 0.463. The molecule has 1 aliphatic rings. The predicted octanol–water partition coefficient (Wildman–Crippen LogP) is 1.65. The smallest absolute Gasteiger partial charge is 0.269 e. The third-order valence-corrected chi connectivity index (χ3v) is 5.90. The monoisotopic (exact) mass is 351 g/mol. The molecule has 128 valence electrons. The Balaban J connectivity index is 2.11. The van der Waals surface area contributed by atoms with E-state index in [2.05, 4.69) is 10.4 Å². The van der Waals surface area contributed by atoms with Crippen LogP contribution in [0.1, 0.15) is 12.6 Å². The van der Waals surface area contributed by atoms with E-state index in [1.54, 1.807) is 20.9 Å². The number of nitrogens with zero attached hydrogens (tertiary/aromatic N) is 4. The maximum atomic E-state index is 13.1. The fourth-order valence-corrected chi connectivity index (χ4v) is 4.54. The first-order valence-corrected chi connectivity index (χ1v) is 8.74. The number of aromatic nitrogens is 2. The van der Waals surface area contributed by atoms with Crippen molar-refractivity contribution in [3.05, 3.63) is 40.1 Å². The molecule has 9 nitrogen and oxygen atoms in total. The van der Waals surface area contributed by atoms with Gasteiger partial charge in [0.2, 0.25) is 0 Å². The van der Waals surface area contributed by atoms with Crippen LogP contribution in [0.15, 0.2) is 29.2 Å². The molecule has 2 heterocycles. The normalized spacial score (nSPS) is 17.3. The molecule has 3 rings (SSSR count). The van der Waals surface area contributed by atoms with Crippen LogP contribution in [0.4, 0.5) is 17.2 Å². The molecule has 1 aromatic heterocycles. The van der Waals surface area contributed by atoms with Crippen LogP contribution in [0.2, 0.25) is 0 Å². The van der Waals surface area contributed by atoms with Gasteiger partial charge in [0, 0.05) is 25.7 Å². The molecule has 0 radical (unpaired) electrons. The first kappa shape index (κ1) is 16.2. The quantitative estimate of drug-likeness (QED) is 0.665. The zero-order valence-corrected chi connectivity index (χ0v) is 14.2. The average Bonchev–Trinajstić information content (AvgIpc) is 2.81. The Kier molecular flexibility index (Phi) is 3.71. The second-order valence-electron chi connectivity index (χ2n) is 5.69. The zero-order chi connectivity index (χ0) is 17.6. The van der Waals surface area contributed by atoms with E-state index in [1.807, 2.05) is 0 Å². The fraction of sp³-hybridized carbons (Fsp3) is 0.357. The lowest BCUT2D eigenvalue weighted by molar-refractivity contribution is -0.384. The summed E-state index contributed by atoms with van der Waals surface area (Å²) >= 11 is 0. The summed E-state index contributed by atoms with van der Waals surface area (Å²) in [7, 11) is -2.18. The van der Waals surface area contributed by atoms with Gasteiger partial charge in [-0.15, -0.1) is 0 Å². The maximum Gasteiger partial charge on any atom is 0.269 e. The van der Waals surface area contributed by atoms with Gasteiger partial charge in [-0.2, -0.15) is 5.10 Å². The Labute approximate surface area is 139 Å². The van der Waals surface area contributed by atoms with Crippen LogP contribution in [0, 0.1) is 17.0 Å². The van der Waals surface area contributed by atoms with Crippen LogP contribution < -0.4 is 9.62 Å². The summed E-state index contributed by atoms with van der Waals surface area (Å²) in [6.45, 7) is 4.05. The van der Waals surface area contributed by atoms with Crippen LogP contribution in [0.3, 0.4) is 0 Å². The standard InChI is InChI=1S/C14H17N5O4S/c1-9-8-15-13-10(2)16-17(3)14(13)18(9)24(22,23)12-6-4-11(5-7-12)19(20)21/h4-7,9,15H,8H2,1-3H3. The summed E-state index contributed by atoms with van der Waals surface area (Å²) in [4.78, 5) is 10.2. The van der Waals surface area contributed by atoms with Crippen LogP contribution in [0.25, 0.3) is 0 Å². The summed E-state index contributed by atoms with van der Waals surface area (Å²) in [5, 5.41) is 18.2. The maximum absolute atomic E-state index is 13.1. The van der Waals surface area contributed by atoms with Gasteiger partial charge in [-0.05, 0) is 26.0 Å². The van der Waals surface area contributed by atoms with Crippen molar-refractivity contribution in [1.82, 2.24) is 9.78 Å². The summed E-state index contributed by atoms with van der Waals surface area (Å²) in [6.07, 6.45) is 0. The first-order valence-electron chi connectivity index (χ1n) is 7.30. The van der Waals surface area contributed by atoms with Gasteiger partial charge in [-0.1, -0.05) is 0 Å². The number of sulfonamides is 1. The summed E-state index contributed by atoms with van der Waals surface area (Å²) in [6, 6.07) is 4.56. The van der Waals surface area contributed by atoms with E-state index in [4.69, 9.17) is 0 Å². The fourth-order valence-electron chi connectivity index (χ4n) is 2.85. The van der Waals surface area contributed by atoms with Gasteiger partial charge in [-0.3, -0.25) is 10.1 Å². The molecule has 0 aliphatic carbocycles. The number of hydrogen-bond acceptors (Lipinski definition) is 6. The molecule has 0 spiro atoms. The Morgan fingerprint density at radius 1 is 1.33 bits per heavy atom. The third-order valence-electron chi connectivity index (χ3n) is 3.98. The average molecular weight is 351 g/mol. The highest BCUT2D eigenvalue weighted by atomic mass is 32.2. The van der Waals surface area contributed by atoms with Crippen molar-refractivity contribution in [3.63, 3.8) is 0 Å². The van der Waals surface area contributed by atoms with Crippen LogP contribution in [-0.4, -0.2) is 35.7 Å². The van der Waals surface area contributed by atoms with Gasteiger partial charge in [0.15, 0.2) is 5.82 Å². The van der Waals surface area contributed by atoms with Gasteiger partial charge in [-0.25, -0.2) is 17.4 Å². The number of benzene rings is 1. The van der Waals surface area contributed by atoms with E-state index in [-0.39, 0.29) is 16.6 Å². The lowest BCUT2D eigenvalue weighted by Crippen LogP contribution is -2.46. The third kappa shape index (κ3) is 2.39. The molecular formula is C14H17N5O4S. The zero-order valence-electron chi connectivity index (χ0n) is 13.4. The van der Waals surface area contributed by atoms with Gasteiger partial charge in [0.1, 0.15) is 5.69 Å². The Hall–Kier alpha value is -2.62. The molecule has 1 atom stereocenters. The highest BCUT2D eigenvalue weighted by molar-refractivity contribution is 7.92. The number of aryl methyl sites for hydroxylation is 2. The summed E-state index contributed by atoms with van der Waals surface area (Å²) < 4.78 is 29.0. The highest BCUT2D eigenvalue weighted by Crippen LogP contribution is 2.37. The lowest BCUT2D eigenvalue weighted by Gasteiger charge is -2.35. The lowest BCUT2D eigenvalue weighted by atomic mass is 10.2. The van der Waals surface area contributed by atoms with Gasteiger partial charge in [0.05, 0.1) is 21.6 Å². The van der Waals surface area contributed by atoms with E-state index >= 15 is 0 Å². The molecule has 0 saturated heterocycles. The van der Waals surface area contributed by atoms with E-state index < -0.39 is 14.9 Å². The van der Waals surface area contributed by atoms with Crippen molar-refractivity contribution in [3.8, 4) is 0 Å². The number of rotatable bonds is 3. The number of hydrogen-bond donors (Lipinski definition) is 1. The van der Waals surface area contributed by atoms with Gasteiger partial charge < -0.3 is 5.32 Å². The molecule has 24 heavy (non-hydrogen) atoms. The number of nitro benzene ring substituents is 1. The minimum atomic E-state index is -3.87. The minimum absolute atomic E-state index is 0.00616. The van der Waals surface area contributed by atoms with Crippen molar-refractivity contribution < 1.29 is 13.3 Å². The summed E-state index contributed by atoms with van der Waals surface area (Å²) in [5.41, 5.74) is 1.24. The molecule has 2 aromatic rings. The van der Waals surface area contributed by atoms with E-state index in [0.717, 1.165) is 0 Å². The number of fused-ring (bicyclic) bond motifs is 1. The molecule has 1 aliphatic heterocycles. The highest BCUT2D eigenvalue weighted by Gasteiger charge is 2.37. The number of anilines is 2. The Morgan fingerprint density at radius 3 is 2.54 bits per heavy atom. The van der Waals surface area contributed by atoms with Crippen LogP contribution in [0.5, 0.6) is 0 Å². The number of non-ortho nitro benzene ring substituents is 1. The van der Waals surface area contributed by atoms with Crippen molar-refractivity contribution in [2.24, 2.45) is 7.05 Å². The molecule has 1 aromatic carbocycles. The van der Waals surface area contributed by atoms with E-state index in [0.29, 0.717) is 23.7 Å². The second-order valence-corrected chi connectivity index (χ2v) is 7.50. The first-order chi connectivity index (χ1) is 11.2. The Morgan fingerprint density at radius 2 is 1.96 bits per heavy atom. The van der Waals surface area contributed by atoms with Crippen molar-refractivity contribution >= 4 is 27.2 Å². The molecule has 1 unspecified atom stereocenters. The van der Waals surface area contributed by atoms with Crippen LogP contribution >= 0.6 is 0 Å². The number of nitrogens with one attached hydrogen (secondary N) is 1. The molecule has 0 bridgehead atoms. The number of nitro groups is 1. The van der Waals surface area contributed by atoms with Gasteiger partial charge in [0.25, 0.3) is 15.7 Å².